The van der Waals surface area contributed by atoms with E-state index in [1.807, 2.05) is 26.0 Å². The minimum absolute atomic E-state index is 0.0563. The van der Waals surface area contributed by atoms with Crippen LogP contribution < -0.4 is 15.4 Å². The van der Waals surface area contributed by atoms with E-state index in [4.69, 9.17) is 4.74 Å². The van der Waals surface area contributed by atoms with E-state index in [1.165, 1.54) is 4.68 Å². The predicted molar refractivity (Wildman–Crippen MR) is 137 cm³/mol. The van der Waals surface area contributed by atoms with Crippen molar-refractivity contribution in [2.24, 2.45) is 0 Å². The van der Waals surface area contributed by atoms with Crippen LogP contribution in [0.25, 0.3) is 12.0 Å². The molecule has 2 aromatic carbocycles. The van der Waals surface area contributed by atoms with Gasteiger partial charge in [-0.15, -0.1) is 0 Å². The first-order valence-electron chi connectivity index (χ1n) is 11.2. The topological polar surface area (TPSA) is 111 Å². The number of hydrogen-bond donors (Lipinski definition) is 2. The number of carbonyl (C=O) groups is 2. The number of carbonyl (C=O) groups excluding carboxylic acids is 2. The number of nitrogens with one attached hydrogen (secondary N) is 2. The lowest BCUT2D eigenvalue weighted by molar-refractivity contribution is -0.113. The van der Waals surface area contributed by atoms with E-state index in [0.29, 0.717) is 34.3 Å². The van der Waals surface area contributed by atoms with Gasteiger partial charge in [0.1, 0.15) is 17.3 Å². The van der Waals surface area contributed by atoms with Crippen LogP contribution >= 0.6 is 0 Å². The fraction of sp³-hybridized carbons (Fsp3) is 0.148. The Bertz CT molecular complexity index is 1410. The summed E-state index contributed by atoms with van der Waals surface area (Å²) in [6.45, 7) is 5.53. The van der Waals surface area contributed by atoms with Gasteiger partial charge in [-0.3, -0.25) is 9.59 Å². The van der Waals surface area contributed by atoms with Gasteiger partial charge < -0.3 is 15.4 Å². The van der Waals surface area contributed by atoms with Crippen molar-refractivity contribution >= 4 is 23.7 Å². The first-order chi connectivity index (χ1) is 17.3. The third-order valence-electron chi connectivity index (χ3n) is 5.19. The third kappa shape index (κ3) is 5.82. The molecule has 2 N–H and O–H groups in total. The second kappa shape index (κ2) is 10.6. The van der Waals surface area contributed by atoms with Gasteiger partial charge in [-0.2, -0.15) is 9.78 Å². The molecule has 4 aromatic rings. The van der Waals surface area contributed by atoms with Gasteiger partial charge in [-0.25, -0.2) is 9.97 Å². The van der Waals surface area contributed by atoms with Crippen LogP contribution in [-0.4, -0.2) is 38.7 Å². The van der Waals surface area contributed by atoms with Crippen molar-refractivity contribution in [2.75, 3.05) is 12.4 Å². The van der Waals surface area contributed by atoms with Gasteiger partial charge in [0, 0.05) is 23.0 Å². The molecule has 36 heavy (non-hydrogen) atoms. The van der Waals surface area contributed by atoms with Crippen LogP contribution in [0.15, 0.2) is 72.4 Å². The highest BCUT2D eigenvalue weighted by atomic mass is 16.5. The van der Waals surface area contributed by atoms with Gasteiger partial charge in [0.25, 0.3) is 17.8 Å². The molecule has 0 spiro atoms. The number of ether oxygens (including phenoxy) is 1. The van der Waals surface area contributed by atoms with Crippen molar-refractivity contribution in [2.45, 2.75) is 20.8 Å². The quantitative estimate of drug-likeness (QED) is 0.385. The van der Waals surface area contributed by atoms with Crippen LogP contribution in [0.2, 0.25) is 0 Å². The Morgan fingerprint density at radius 1 is 0.889 bits per heavy atom. The zero-order valence-electron chi connectivity index (χ0n) is 20.4. The fourth-order valence-corrected chi connectivity index (χ4v) is 3.54. The zero-order valence-corrected chi connectivity index (χ0v) is 20.4. The molecule has 0 aliphatic heterocycles. The molecule has 0 bridgehead atoms. The SMILES string of the molecule is COc1ccc(/C=C(\NC(=O)c2ccccc2)C(=O)Nc2cc(C)nn2-c2nc(C)cc(C)n2)cc1. The molecular formula is C27H26N6O3. The van der Waals surface area contributed by atoms with Crippen LogP contribution in [0.1, 0.15) is 33.0 Å². The summed E-state index contributed by atoms with van der Waals surface area (Å²) >= 11 is 0. The number of aryl methyl sites for hydroxylation is 3. The molecule has 0 saturated carbocycles. The lowest BCUT2D eigenvalue weighted by atomic mass is 10.1. The molecule has 0 radical (unpaired) electrons. The number of amides is 2. The molecule has 9 nitrogen and oxygen atoms in total. The van der Waals surface area contributed by atoms with Crippen molar-refractivity contribution in [3.05, 3.63) is 101 Å². The molecule has 0 fully saturated rings. The second-order valence-electron chi connectivity index (χ2n) is 8.14. The number of rotatable bonds is 7. The normalized spacial score (nSPS) is 11.2. The van der Waals surface area contributed by atoms with E-state index in [9.17, 15) is 9.59 Å². The van der Waals surface area contributed by atoms with E-state index >= 15 is 0 Å². The van der Waals surface area contributed by atoms with Crippen LogP contribution in [-0.2, 0) is 4.79 Å². The maximum atomic E-state index is 13.4. The summed E-state index contributed by atoms with van der Waals surface area (Å²) < 4.78 is 6.68. The van der Waals surface area contributed by atoms with Crippen LogP contribution in [0.3, 0.4) is 0 Å². The fourth-order valence-electron chi connectivity index (χ4n) is 3.54. The number of benzene rings is 2. The lowest BCUT2D eigenvalue weighted by Crippen LogP contribution is -2.31. The van der Waals surface area contributed by atoms with Crippen molar-refractivity contribution in [1.82, 2.24) is 25.1 Å². The summed E-state index contributed by atoms with van der Waals surface area (Å²) in [6.07, 6.45) is 1.59. The molecule has 2 heterocycles. The molecule has 0 unspecified atom stereocenters. The zero-order chi connectivity index (χ0) is 25.7. The molecule has 2 aromatic heterocycles. The van der Waals surface area contributed by atoms with Crippen LogP contribution in [0.5, 0.6) is 5.75 Å². The highest BCUT2D eigenvalue weighted by Crippen LogP contribution is 2.18. The van der Waals surface area contributed by atoms with E-state index in [1.54, 1.807) is 74.7 Å². The average molecular weight is 483 g/mol. The van der Waals surface area contributed by atoms with E-state index in [2.05, 4.69) is 25.7 Å². The second-order valence-corrected chi connectivity index (χ2v) is 8.14. The molecule has 2 amide bonds. The Hall–Kier alpha value is -4.79. The first kappa shape index (κ1) is 24.3. The van der Waals surface area contributed by atoms with E-state index < -0.39 is 11.8 Å². The van der Waals surface area contributed by atoms with Gasteiger partial charge in [0.05, 0.1) is 12.8 Å². The monoisotopic (exact) mass is 482 g/mol. The van der Waals surface area contributed by atoms with Crippen molar-refractivity contribution in [3.8, 4) is 11.7 Å². The Morgan fingerprint density at radius 2 is 1.56 bits per heavy atom. The summed E-state index contributed by atoms with van der Waals surface area (Å²) in [4.78, 5) is 35.2. The summed E-state index contributed by atoms with van der Waals surface area (Å²) in [5.74, 6) is 0.453. The molecule has 0 aliphatic rings. The number of aromatic nitrogens is 4. The van der Waals surface area contributed by atoms with Gasteiger partial charge in [0.15, 0.2) is 0 Å². The van der Waals surface area contributed by atoms with Gasteiger partial charge in [0.2, 0.25) is 0 Å². The van der Waals surface area contributed by atoms with E-state index in [0.717, 1.165) is 11.4 Å². The molecular weight excluding hydrogens is 456 g/mol. The highest BCUT2D eigenvalue weighted by molar-refractivity contribution is 6.10. The highest BCUT2D eigenvalue weighted by Gasteiger charge is 2.19. The smallest absolute Gasteiger partial charge is 0.273 e. The average Bonchev–Trinajstić information content (AvgIpc) is 3.23. The number of anilines is 1. The first-order valence-corrected chi connectivity index (χ1v) is 11.2. The number of hydrogen-bond acceptors (Lipinski definition) is 6. The van der Waals surface area contributed by atoms with Gasteiger partial charge in [-0.1, -0.05) is 30.3 Å². The summed E-state index contributed by atoms with van der Waals surface area (Å²) in [7, 11) is 1.58. The summed E-state index contributed by atoms with van der Waals surface area (Å²) in [5.41, 5.74) is 3.41. The number of nitrogens with zero attached hydrogens (tertiary/aromatic N) is 4. The van der Waals surface area contributed by atoms with Gasteiger partial charge in [-0.05, 0) is 62.7 Å². The summed E-state index contributed by atoms with van der Waals surface area (Å²) in [6, 6.07) is 19.4. The van der Waals surface area contributed by atoms with Crippen molar-refractivity contribution in [1.29, 1.82) is 0 Å². The van der Waals surface area contributed by atoms with Crippen LogP contribution in [0.4, 0.5) is 5.82 Å². The minimum atomic E-state index is -0.527. The Kier molecular flexibility index (Phi) is 7.20. The maximum absolute atomic E-state index is 13.4. The molecule has 4 rings (SSSR count). The number of methoxy groups -OCH3 is 1. The molecule has 9 heteroatoms. The Balaban J connectivity index is 1.67. The molecule has 0 aliphatic carbocycles. The standard InChI is InChI=1S/C27H26N6O3/c1-17-14-18(2)29-27(28-17)33-24(15-19(3)32-33)31-26(35)23(16-20-10-12-22(36-4)13-11-20)30-25(34)21-8-6-5-7-9-21/h5-16H,1-4H3,(H,30,34)(H,31,35)/b23-16-. The van der Waals surface area contributed by atoms with E-state index in [-0.39, 0.29) is 5.70 Å². The molecule has 182 valence electrons. The maximum Gasteiger partial charge on any atom is 0.273 e. The van der Waals surface area contributed by atoms with Crippen molar-refractivity contribution in [3.63, 3.8) is 0 Å². The summed E-state index contributed by atoms with van der Waals surface area (Å²) in [5, 5.41) is 10.0. The molecule has 0 saturated heterocycles. The Morgan fingerprint density at radius 3 is 2.19 bits per heavy atom. The molecule has 0 atom stereocenters. The Labute approximate surface area is 208 Å². The van der Waals surface area contributed by atoms with Gasteiger partial charge >= 0.3 is 0 Å². The predicted octanol–water partition coefficient (Wildman–Crippen LogP) is 4.01. The lowest BCUT2D eigenvalue weighted by Gasteiger charge is -2.12. The van der Waals surface area contributed by atoms with Crippen LogP contribution in [0, 0.1) is 20.8 Å². The minimum Gasteiger partial charge on any atom is -0.497 e. The largest absolute Gasteiger partial charge is 0.497 e. The third-order valence-corrected chi connectivity index (χ3v) is 5.19. The van der Waals surface area contributed by atoms with Crippen molar-refractivity contribution < 1.29 is 14.3 Å².